The summed E-state index contributed by atoms with van der Waals surface area (Å²) < 4.78 is 17.8. The molecule has 1 N–H and O–H groups in total. The van der Waals surface area contributed by atoms with E-state index in [9.17, 15) is 4.79 Å². The van der Waals surface area contributed by atoms with E-state index in [1.165, 1.54) is 11.3 Å². The summed E-state index contributed by atoms with van der Waals surface area (Å²) in [7, 11) is 0. The van der Waals surface area contributed by atoms with E-state index in [-0.39, 0.29) is 17.3 Å². The summed E-state index contributed by atoms with van der Waals surface area (Å²) in [5, 5.41) is 14.4. The van der Waals surface area contributed by atoms with Crippen LogP contribution < -0.4 is 10.1 Å². The average molecular weight is 595 g/mol. The largest absolute Gasteiger partial charge is 0.453 e. The SMILES string of the molecule is Cc1csc(Nc2ncc(SC(c3nnc(C)o3)C3CCN(C(=O)OC(C)(C)C)CC3)cc2Oc2ccccc2)n1. The fourth-order valence-electron chi connectivity index (χ4n) is 4.42. The number of carbonyl (C=O) groups excluding carboxylic acids is 1. The van der Waals surface area contributed by atoms with Crippen LogP contribution in [-0.4, -0.2) is 49.8 Å². The van der Waals surface area contributed by atoms with Gasteiger partial charge in [0.1, 0.15) is 11.4 Å². The summed E-state index contributed by atoms with van der Waals surface area (Å²) in [6.45, 7) is 10.6. The van der Waals surface area contributed by atoms with Crippen molar-refractivity contribution in [1.82, 2.24) is 25.1 Å². The average Bonchev–Trinajstić information content (AvgIpc) is 3.56. The molecule has 0 radical (unpaired) electrons. The minimum Gasteiger partial charge on any atom is -0.453 e. The van der Waals surface area contributed by atoms with E-state index < -0.39 is 5.60 Å². The van der Waals surface area contributed by atoms with Gasteiger partial charge in [-0.25, -0.2) is 14.8 Å². The number of amides is 1. The van der Waals surface area contributed by atoms with E-state index in [2.05, 4.69) is 20.5 Å². The number of hydrogen-bond acceptors (Lipinski definition) is 11. The van der Waals surface area contributed by atoms with Crippen LogP contribution in [0.4, 0.5) is 15.7 Å². The Morgan fingerprint density at radius 3 is 2.56 bits per heavy atom. The first-order valence-electron chi connectivity index (χ1n) is 13.5. The van der Waals surface area contributed by atoms with E-state index in [4.69, 9.17) is 18.9 Å². The first-order valence-corrected chi connectivity index (χ1v) is 15.3. The maximum absolute atomic E-state index is 12.6. The van der Waals surface area contributed by atoms with Crippen LogP contribution in [0, 0.1) is 19.8 Å². The number of hydrogen-bond donors (Lipinski definition) is 1. The lowest BCUT2D eigenvalue weighted by atomic mass is 9.93. The van der Waals surface area contributed by atoms with Crippen molar-refractivity contribution in [1.29, 1.82) is 0 Å². The van der Waals surface area contributed by atoms with Gasteiger partial charge < -0.3 is 24.1 Å². The molecule has 1 aliphatic rings. The molecule has 0 saturated carbocycles. The van der Waals surface area contributed by atoms with Gasteiger partial charge in [-0.3, -0.25) is 0 Å². The van der Waals surface area contributed by atoms with Gasteiger partial charge in [-0.15, -0.1) is 33.3 Å². The number of likely N-dealkylation sites (tertiary alicyclic amines) is 1. The number of para-hydroxylation sites is 1. The van der Waals surface area contributed by atoms with Gasteiger partial charge in [0.25, 0.3) is 0 Å². The maximum Gasteiger partial charge on any atom is 0.410 e. The standard InChI is InChI=1S/C29H34N6O4S2/c1-18-17-40-27(31-18)32-25-23(38-21-9-7-6-8-10-21)15-22(16-30-25)41-24(26-34-33-19(2)37-26)20-11-13-35(14-12-20)28(36)39-29(3,4)5/h6-10,15-17,20,24H,11-14H2,1-5H3,(H,30,31,32). The number of aryl methyl sites for hydroxylation is 2. The molecule has 1 unspecified atom stereocenters. The lowest BCUT2D eigenvalue weighted by Gasteiger charge is -2.35. The highest BCUT2D eigenvalue weighted by molar-refractivity contribution is 7.99. The third-order valence-corrected chi connectivity index (χ3v) is 8.52. The number of thiazole rings is 1. The lowest BCUT2D eigenvalue weighted by molar-refractivity contribution is 0.0181. The van der Waals surface area contributed by atoms with Crippen molar-refractivity contribution >= 4 is 40.1 Å². The molecule has 41 heavy (non-hydrogen) atoms. The number of aromatic nitrogens is 4. The molecule has 1 fully saturated rings. The Morgan fingerprint density at radius 1 is 1.17 bits per heavy atom. The van der Waals surface area contributed by atoms with Crippen LogP contribution in [0.25, 0.3) is 0 Å². The summed E-state index contributed by atoms with van der Waals surface area (Å²) in [5.74, 6) is 3.13. The Labute approximate surface area is 247 Å². The van der Waals surface area contributed by atoms with Crippen LogP contribution in [0.3, 0.4) is 0 Å². The van der Waals surface area contributed by atoms with Gasteiger partial charge in [0.15, 0.2) is 16.7 Å². The maximum atomic E-state index is 12.6. The first-order chi connectivity index (χ1) is 19.6. The molecule has 3 aromatic heterocycles. The topological polar surface area (TPSA) is 116 Å². The molecule has 4 heterocycles. The van der Waals surface area contributed by atoms with Gasteiger partial charge in [0.2, 0.25) is 11.8 Å². The molecule has 5 rings (SSSR count). The van der Waals surface area contributed by atoms with Crippen LogP contribution in [0.2, 0.25) is 0 Å². The summed E-state index contributed by atoms with van der Waals surface area (Å²) in [6, 6.07) is 11.6. The number of thioether (sulfide) groups is 1. The highest BCUT2D eigenvalue weighted by Gasteiger charge is 2.35. The fourth-order valence-corrected chi connectivity index (χ4v) is 6.35. The normalized spacial score (nSPS) is 15.0. The molecule has 0 spiro atoms. The van der Waals surface area contributed by atoms with Crippen LogP contribution in [0.15, 0.2) is 57.3 Å². The number of anilines is 2. The minimum atomic E-state index is -0.528. The highest BCUT2D eigenvalue weighted by Crippen LogP contribution is 2.46. The van der Waals surface area contributed by atoms with Gasteiger partial charge in [-0.2, -0.15) is 0 Å². The Balaban J connectivity index is 1.38. The second-order valence-electron chi connectivity index (χ2n) is 10.9. The molecule has 1 saturated heterocycles. The van der Waals surface area contributed by atoms with Crippen LogP contribution >= 0.6 is 23.1 Å². The Hall–Kier alpha value is -3.64. The molecule has 216 valence electrons. The second kappa shape index (κ2) is 12.5. The molecule has 1 aromatic carbocycles. The van der Waals surface area contributed by atoms with Gasteiger partial charge in [0, 0.05) is 36.5 Å². The zero-order valence-electron chi connectivity index (χ0n) is 23.8. The molecular weight excluding hydrogens is 560 g/mol. The second-order valence-corrected chi connectivity index (χ2v) is 12.9. The van der Waals surface area contributed by atoms with E-state index >= 15 is 0 Å². The molecule has 1 aliphatic heterocycles. The zero-order valence-corrected chi connectivity index (χ0v) is 25.4. The Bertz CT molecular complexity index is 1460. The number of benzene rings is 1. The molecule has 1 atom stereocenters. The van der Waals surface area contributed by atoms with Gasteiger partial charge in [0.05, 0.1) is 10.9 Å². The summed E-state index contributed by atoms with van der Waals surface area (Å²) in [6.07, 6.45) is 3.10. The quantitative estimate of drug-likeness (QED) is 0.205. The number of nitrogens with zero attached hydrogens (tertiary/aromatic N) is 5. The molecular formula is C29H34N6O4S2. The number of piperidine rings is 1. The molecule has 1 amide bonds. The van der Waals surface area contributed by atoms with Crippen molar-refractivity contribution < 1.29 is 18.7 Å². The number of nitrogens with one attached hydrogen (secondary N) is 1. The minimum absolute atomic E-state index is 0.121. The Kier molecular flexibility index (Phi) is 8.79. The molecule has 4 aromatic rings. The number of rotatable bonds is 8. The summed E-state index contributed by atoms with van der Waals surface area (Å²) in [4.78, 5) is 24.5. The third-order valence-electron chi connectivity index (χ3n) is 6.31. The van der Waals surface area contributed by atoms with E-state index in [1.54, 1.807) is 23.6 Å². The lowest BCUT2D eigenvalue weighted by Crippen LogP contribution is -2.42. The number of ether oxygens (including phenoxy) is 2. The highest BCUT2D eigenvalue weighted by atomic mass is 32.2. The van der Waals surface area contributed by atoms with Crippen LogP contribution in [0.1, 0.15) is 56.3 Å². The monoisotopic (exact) mass is 594 g/mol. The van der Waals surface area contributed by atoms with E-state index in [0.29, 0.717) is 42.2 Å². The third kappa shape index (κ3) is 7.76. The number of pyridine rings is 1. The van der Waals surface area contributed by atoms with Crippen molar-refractivity contribution in [3.8, 4) is 11.5 Å². The zero-order chi connectivity index (χ0) is 29.0. The van der Waals surface area contributed by atoms with Crippen LogP contribution in [0.5, 0.6) is 11.5 Å². The van der Waals surface area contributed by atoms with E-state index in [0.717, 1.165) is 28.6 Å². The smallest absolute Gasteiger partial charge is 0.410 e. The molecule has 10 nitrogen and oxygen atoms in total. The first kappa shape index (κ1) is 28.9. The van der Waals surface area contributed by atoms with E-state index in [1.807, 2.05) is 75.7 Å². The molecule has 0 aliphatic carbocycles. The number of carbonyl (C=O) groups is 1. The van der Waals surface area contributed by atoms with Gasteiger partial charge in [-0.05, 0) is 64.7 Å². The fraction of sp³-hybridized carbons (Fsp3) is 0.414. The summed E-state index contributed by atoms with van der Waals surface area (Å²) in [5.41, 5.74) is 0.408. The predicted molar refractivity (Wildman–Crippen MR) is 159 cm³/mol. The van der Waals surface area contributed by atoms with Crippen LogP contribution in [-0.2, 0) is 4.74 Å². The molecule has 0 bridgehead atoms. The van der Waals surface area contributed by atoms with Gasteiger partial charge in [-0.1, -0.05) is 18.2 Å². The predicted octanol–water partition coefficient (Wildman–Crippen LogP) is 7.55. The van der Waals surface area contributed by atoms with Crippen molar-refractivity contribution in [3.63, 3.8) is 0 Å². The summed E-state index contributed by atoms with van der Waals surface area (Å²) >= 11 is 3.12. The van der Waals surface area contributed by atoms with Crippen molar-refractivity contribution in [2.45, 2.75) is 63.2 Å². The molecule has 12 heteroatoms. The van der Waals surface area contributed by atoms with Crippen molar-refractivity contribution in [3.05, 3.63) is 65.5 Å². The van der Waals surface area contributed by atoms with Crippen molar-refractivity contribution in [2.75, 3.05) is 18.4 Å². The van der Waals surface area contributed by atoms with Crippen molar-refractivity contribution in [2.24, 2.45) is 5.92 Å². The Morgan fingerprint density at radius 2 is 1.93 bits per heavy atom. The van der Waals surface area contributed by atoms with Gasteiger partial charge >= 0.3 is 6.09 Å².